The lowest BCUT2D eigenvalue weighted by Gasteiger charge is -2.28. The zero-order chi connectivity index (χ0) is 24.3. The fraction of sp³-hybridized carbons (Fsp3) is 0.360. The molecule has 0 saturated heterocycles. The molecule has 1 heterocycles. The maximum absolute atomic E-state index is 13.7. The van der Waals surface area contributed by atoms with Crippen molar-refractivity contribution in [1.29, 1.82) is 0 Å². The first-order chi connectivity index (χ1) is 15.5. The molecule has 0 aliphatic heterocycles. The fourth-order valence-electron chi connectivity index (χ4n) is 3.77. The number of aryl methyl sites for hydroxylation is 1. The highest BCUT2D eigenvalue weighted by Gasteiger charge is 2.28. The zero-order valence-corrected chi connectivity index (χ0v) is 20.4. The van der Waals surface area contributed by atoms with E-state index in [0.717, 1.165) is 11.1 Å². The monoisotopic (exact) mass is 471 g/mol. The Labute approximate surface area is 195 Å². The highest BCUT2D eigenvalue weighted by atomic mass is 32.2. The van der Waals surface area contributed by atoms with Crippen LogP contribution in [0.3, 0.4) is 0 Å². The Morgan fingerprint density at radius 2 is 1.79 bits per heavy atom. The van der Waals surface area contributed by atoms with Gasteiger partial charge in [0.15, 0.2) is 0 Å². The molecule has 0 radical (unpaired) electrons. The van der Waals surface area contributed by atoms with Crippen molar-refractivity contribution in [2.45, 2.75) is 64.2 Å². The van der Waals surface area contributed by atoms with Crippen LogP contribution in [0, 0.1) is 12.7 Å². The average Bonchev–Trinajstić information content (AvgIpc) is 3.18. The van der Waals surface area contributed by atoms with Gasteiger partial charge in [-0.05, 0) is 63.9 Å². The number of carbonyl (C=O) groups excluding carboxylic acids is 1. The van der Waals surface area contributed by atoms with Crippen molar-refractivity contribution in [3.63, 3.8) is 0 Å². The topological polar surface area (TPSA) is 72.3 Å². The number of rotatable bonds is 8. The molecule has 0 saturated carbocycles. The Morgan fingerprint density at radius 3 is 2.39 bits per heavy atom. The van der Waals surface area contributed by atoms with E-state index >= 15 is 0 Å². The molecule has 6 nitrogen and oxygen atoms in total. The summed E-state index contributed by atoms with van der Waals surface area (Å²) < 4.78 is 41.9. The molecule has 0 aliphatic carbocycles. The van der Waals surface area contributed by atoms with E-state index in [4.69, 9.17) is 0 Å². The SMILES string of the molecule is Cc1ccccc1CS(=O)(=O)c1ncc(CN(C(=O)c2cccc(F)c2)C(C)C)n1C(C)C. The predicted octanol–water partition coefficient (Wildman–Crippen LogP) is 4.94. The van der Waals surface area contributed by atoms with Gasteiger partial charge in [-0.3, -0.25) is 4.79 Å². The summed E-state index contributed by atoms with van der Waals surface area (Å²) in [4.78, 5) is 19.0. The number of carbonyl (C=O) groups is 1. The molecule has 33 heavy (non-hydrogen) atoms. The Hall–Kier alpha value is -3.00. The fourth-order valence-corrected chi connectivity index (χ4v) is 5.47. The van der Waals surface area contributed by atoms with E-state index < -0.39 is 15.7 Å². The first kappa shape index (κ1) is 24.6. The lowest BCUT2D eigenvalue weighted by molar-refractivity contribution is 0.0684. The predicted molar refractivity (Wildman–Crippen MR) is 126 cm³/mol. The molecule has 0 fully saturated rings. The molecule has 176 valence electrons. The number of sulfone groups is 1. The van der Waals surface area contributed by atoms with Gasteiger partial charge in [0.2, 0.25) is 15.0 Å². The van der Waals surface area contributed by atoms with Crippen LogP contribution in [0.4, 0.5) is 4.39 Å². The van der Waals surface area contributed by atoms with Gasteiger partial charge < -0.3 is 9.47 Å². The van der Waals surface area contributed by atoms with Gasteiger partial charge in [0.1, 0.15) is 5.82 Å². The lowest BCUT2D eigenvalue weighted by Crippen LogP contribution is -2.37. The minimum Gasteiger partial charge on any atom is -0.330 e. The van der Waals surface area contributed by atoms with E-state index in [-0.39, 0.29) is 41.0 Å². The molecule has 3 rings (SSSR count). The second-order valence-electron chi connectivity index (χ2n) is 8.72. The number of aromatic nitrogens is 2. The van der Waals surface area contributed by atoms with E-state index in [1.807, 2.05) is 52.8 Å². The molecule has 0 spiro atoms. The highest BCUT2D eigenvalue weighted by molar-refractivity contribution is 7.90. The average molecular weight is 472 g/mol. The smallest absolute Gasteiger partial charge is 0.254 e. The second-order valence-corrected chi connectivity index (χ2v) is 10.6. The van der Waals surface area contributed by atoms with Crippen LogP contribution in [0.1, 0.15) is 60.9 Å². The van der Waals surface area contributed by atoms with Gasteiger partial charge in [-0.15, -0.1) is 0 Å². The van der Waals surface area contributed by atoms with Gasteiger partial charge in [0.05, 0.1) is 24.2 Å². The van der Waals surface area contributed by atoms with Crippen molar-refractivity contribution in [3.05, 3.63) is 82.9 Å². The Balaban J connectivity index is 1.97. The van der Waals surface area contributed by atoms with Crippen LogP contribution in [-0.2, 0) is 22.1 Å². The van der Waals surface area contributed by atoms with E-state index in [1.54, 1.807) is 21.6 Å². The summed E-state index contributed by atoms with van der Waals surface area (Å²) in [7, 11) is -3.73. The van der Waals surface area contributed by atoms with E-state index in [1.165, 1.54) is 24.4 Å². The standard InChI is InChI=1S/C25H30FN3O3S/c1-17(2)28(24(30)20-11-8-12-22(26)13-20)15-23-14-27-25(29(23)18(3)4)33(31,32)16-21-10-7-6-9-19(21)5/h6-14,17-18H,15-16H2,1-5H3. The maximum atomic E-state index is 13.7. The minimum absolute atomic E-state index is 0.0161. The van der Waals surface area contributed by atoms with Crippen molar-refractivity contribution in [3.8, 4) is 0 Å². The summed E-state index contributed by atoms with van der Waals surface area (Å²) in [6.07, 6.45) is 1.51. The summed E-state index contributed by atoms with van der Waals surface area (Å²) in [5, 5.41) is -0.0161. The van der Waals surface area contributed by atoms with Gasteiger partial charge in [0.25, 0.3) is 5.91 Å². The highest BCUT2D eigenvalue weighted by Crippen LogP contribution is 2.24. The Bertz CT molecular complexity index is 1250. The number of nitrogens with zero attached hydrogens (tertiary/aromatic N) is 3. The van der Waals surface area contributed by atoms with Gasteiger partial charge in [0, 0.05) is 17.6 Å². The van der Waals surface area contributed by atoms with Gasteiger partial charge in [-0.1, -0.05) is 30.3 Å². The first-order valence-electron chi connectivity index (χ1n) is 10.9. The molecular formula is C25H30FN3O3S. The number of hydrogen-bond acceptors (Lipinski definition) is 4. The summed E-state index contributed by atoms with van der Waals surface area (Å²) in [6, 6.07) is 12.5. The van der Waals surface area contributed by atoms with Crippen LogP contribution in [0.25, 0.3) is 0 Å². The number of hydrogen-bond donors (Lipinski definition) is 0. The molecule has 2 aromatic carbocycles. The van der Waals surface area contributed by atoms with Crippen molar-refractivity contribution >= 4 is 15.7 Å². The third-order valence-electron chi connectivity index (χ3n) is 5.53. The molecule has 0 atom stereocenters. The second kappa shape index (κ2) is 9.87. The molecule has 3 aromatic rings. The molecule has 0 unspecified atom stereocenters. The third-order valence-corrected chi connectivity index (χ3v) is 7.08. The number of halogens is 1. The minimum atomic E-state index is -3.73. The molecule has 0 aliphatic rings. The quantitative estimate of drug-likeness (QED) is 0.467. The van der Waals surface area contributed by atoms with Crippen LogP contribution < -0.4 is 0 Å². The van der Waals surface area contributed by atoms with E-state index in [9.17, 15) is 17.6 Å². The number of amides is 1. The summed E-state index contributed by atoms with van der Waals surface area (Å²) in [5.41, 5.74) is 2.47. The molecule has 8 heteroatoms. The first-order valence-corrected chi connectivity index (χ1v) is 12.6. The summed E-state index contributed by atoms with van der Waals surface area (Å²) in [6.45, 7) is 9.52. The van der Waals surface area contributed by atoms with Crippen molar-refractivity contribution < 1.29 is 17.6 Å². The van der Waals surface area contributed by atoms with Crippen LogP contribution >= 0.6 is 0 Å². The molecule has 0 bridgehead atoms. The molecular weight excluding hydrogens is 441 g/mol. The summed E-state index contributed by atoms with van der Waals surface area (Å²) in [5.74, 6) is -0.967. The number of benzene rings is 2. The van der Waals surface area contributed by atoms with Gasteiger partial charge in [-0.2, -0.15) is 0 Å². The lowest BCUT2D eigenvalue weighted by atomic mass is 10.1. The largest absolute Gasteiger partial charge is 0.330 e. The molecule has 1 amide bonds. The van der Waals surface area contributed by atoms with Crippen LogP contribution in [0.15, 0.2) is 59.9 Å². The van der Waals surface area contributed by atoms with Crippen molar-refractivity contribution in [2.75, 3.05) is 0 Å². The summed E-state index contributed by atoms with van der Waals surface area (Å²) >= 11 is 0. The third kappa shape index (κ3) is 5.50. The maximum Gasteiger partial charge on any atom is 0.254 e. The van der Waals surface area contributed by atoms with Gasteiger partial charge in [-0.25, -0.2) is 17.8 Å². The van der Waals surface area contributed by atoms with Gasteiger partial charge >= 0.3 is 0 Å². The van der Waals surface area contributed by atoms with Crippen LogP contribution in [0.2, 0.25) is 0 Å². The van der Waals surface area contributed by atoms with Crippen LogP contribution in [-0.4, -0.2) is 34.8 Å². The van der Waals surface area contributed by atoms with Crippen LogP contribution in [0.5, 0.6) is 0 Å². The van der Waals surface area contributed by atoms with E-state index in [0.29, 0.717) is 5.69 Å². The number of imidazole rings is 1. The zero-order valence-electron chi connectivity index (χ0n) is 19.6. The van der Waals surface area contributed by atoms with E-state index in [2.05, 4.69) is 4.98 Å². The normalized spacial score (nSPS) is 11.9. The Morgan fingerprint density at radius 1 is 1.09 bits per heavy atom. The Kier molecular flexibility index (Phi) is 7.37. The molecule has 0 N–H and O–H groups in total. The van der Waals surface area contributed by atoms with Crippen molar-refractivity contribution in [2.24, 2.45) is 0 Å². The molecule has 1 aromatic heterocycles. The van der Waals surface area contributed by atoms with Crippen molar-refractivity contribution in [1.82, 2.24) is 14.5 Å².